The fraction of sp³-hybridized carbons (Fsp3) is 0.235. The lowest BCUT2D eigenvalue weighted by Crippen LogP contribution is -2.34. The van der Waals surface area contributed by atoms with E-state index in [1.807, 2.05) is 37.3 Å². The maximum Gasteiger partial charge on any atom is 0.269 e. The molecule has 0 aliphatic carbocycles. The van der Waals surface area contributed by atoms with E-state index in [0.29, 0.717) is 13.1 Å². The number of amides is 1. The molecule has 7 heteroatoms. The molecule has 126 valence electrons. The Bertz CT molecular complexity index is 677. The van der Waals surface area contributed by atoms with Crippen molar-refractivity contribution >= 4 is 29.0 Å². The molecule has 1 atom stereocenters. The van der Waals surface area contributed by atoms with Crippen LogP contribution in [-0.2, 0) is 4.79 Å². The highest BCUT2D eigenvalue weighted by Gasteiger charge is 2.13. The van der Waals surface area contributed by atoms with Gasteiger partial charge < -0.3 is 10.6 Å². The predicted octanol–water partition coefficient (Wildman–Crippen LogP) is 3.30. The largest absolute Gasteiger partial charge is 0.383 e. The number of nitrogens with zero attached hydrogens (tertiary/aromatic N) is 1. The number of rotatable bonds is 8. The van der Waals surface area contributed by atoms with Crippen molar-refractivity contribution in [2.24, 2.45) is 0 Å². The zero-order valence-electron chi connectivity index (χ0n) is 13.3. The van der Waals surface area contributed by atoms with Crippen molar-refractivity contribution in [3.63, 3.8) is 0 Å². The summed E-state index contributed by atoms with van der Waals surface area (Å²) in [5.74, 6) is -0.0191. The summed E-state index contributed by atoms with van der Waals surface area (Å²) in [5.41, 5.74) is 0.835. The molecule has 6 nitrogen and oxygen atoms in total. The van der Waals surface area contributed by atoms with Gasteiger partial charge in [-0.1, -0.05) is 18.2 Å². The van der Waals surface area contributed by atoms with Crippen LogP contribution in [0.25, 0.3) is 0 Å². The van der Waals surface area contributed by atoms with Gasteiger partial charge >= 0.3 is 0 Å². The molecule has 24 heavy (non-hydrogen) atoms. The molecule has 1 amide bonds. The molecule has 2 aromatic rings. The molecule has 0 saturated carbocycles. The Morgan fingerprint density at radius 3 is 2.42 bits per heavy atom. The molecular formula is C17H19N3O3S. The lowest BCUT2D eigenvalue weighted by molar-refractivity contribution is -0.384. The topological polar surface area (TPSA) is 84.3 Å². The Morgan fingerprint density at radius 1 is 1.12 bits per heavy atom. The van der Waals surface area contributed by atoms with E-state index in [0.717, 1.165) is 10.6 Å². The van der Waals surface area contributed by atoms with E-state index in [2.05, 4.69) is 10.6 Å². The van der Waals surface area contributed by atoms with Crippen LogP contribution in [-0.4, -0.2) is 29.2 Å². The molecule has 0 spiro atoms. The first-order chi connectivity index (χ1) is 11.6. The van der Waals surface area contributed by atoms with Crippen LogP contribution in [0.5, 0.6) is 0 Å². The second kappa shape index (κ2) is 8.93. The van der Waals surface area contributed by atoms with Crippen LogP contribution in [0, 0.1) is 10.1 Å². The van der Waals surface area contributed by atoms with Gasteiger partial charge in [0, 0.05) is 35.8 Å². The zero-order chi connectivity index (χ0) is 17.4. The van der Waals surface area contributed by atoms with Gasteiger partial charge in [0.25, 0.3) is 5.69 Å². The van der Waals surface area contributed by atoms with Crippen molar-refractivity contribution in [2.45, 2.75) is 17.1 Å². The molecule has 0 bridgehead atoms. The molecule has 0 aliphatic heterocycles. The number of nitro groups is 1. The minimum Gasteiger partial charge on any atom is -0.383 e. The van der Waals surface area contributed by atoms with Crippen molar-refractivity contribution in [1.82, 2.24) is 5.32 Å². The number of carbonyl (C=O) groups excluding carboxylic acids is 1. The SMILES string of the molecule is C[C@H](Sc1ccccc1)C(=O)NCCNc1ccc([N+](=O)[O-])cc1. The van der Waals surface area contributed by atoms with Gasteiger partial charge in [-0.15, -0.1) is 11.8 Å². The van der Waals surface area contributed by atoms with Crippen LogP contribution >= 0.6 is 11.8 Å². The Labute approximate surface area is 144 Å². The van der Waals surface area contributed by atoms with E-state index in [9.17, 15) is 14.9 Å². The molecule has 2 N–H and O–H groups in total. The van der Waals surface area contributed by atoms with Gasteiger partial charge in [0.2, 0.25) is 5.91 Å². The number of carbonyl (C=O) groups is 1. The van der Waals surface area contributed by atoms with E-state index in [1.165, 1.54) is 23.9 Å². The number of anilines is 1. The summed E-state index contributed by atoms with van der Waals surface area (Å²) in [6.07, 6.45) is 0. The number of benzene rings is 2. The van der Waals surface area contributed by atoms with Gasteiger partial charge in [-0.25, -0.2) is 0 Å². The van der Waals surface area contributed by atoms with Crippen molar-refractivity contribution in [1.29, 1.82) is 0 Å². The average Bonchev–Trinajstić information content (AvgIpc) is 2.59. The van der Waals surface area contributed by atoms with Gasteiger partial charge in [0.1, 0.15) is 0 Å². The molecular weight excluding hydrogens is 326 g/mol. The van der Waals surface area contributed by atoms with E-state index in [4.69, 9.17) is 0 Å². The lowest BCUT2D eigenvalue weighted by atomic mass is 10.3. The lowest BCUT2D eigenvalue weighted by Gasteiger charge is -2.12. The molecule has 0 unspecified atom stereocenters. The van der Waals surface area contributed by atoms with Crippen LogP contribution in [0.15, 0.2) is 59.5 Å². The molecule has 0 saturated heterocycles. The van der Waals surface area contributed by atoms with Crippen LogP contribution in [0.1, 0.15) is 6.92 Å². The Kier molecular flexibility index (Phi) is 6.62. The number of nitro benzene ring substituents is 1. The number of hydrogen-bond acceptors (Lipinski definition) is 5. The van der Waals surface area contributed by atoms with E-state index in [1.54, 1.807) is 12.1 Å². The summed E-state index contributed by atoms with van der Waals surface area (Å²) >= 11 is 1.51. The molecule has 0 aromatic heterocycles. The van der Waals surface area contributed by atoms with E-state index < -0.39 is 4.92 Å². The fourth-order valence-corrected chi connectivity index (χ4v) is 2.91. The molecule has 0 fully saturated rings. The minimum absolute atomic E-state index is 0.0191. The fourth-order valence-electron chi connectivity index (χ4n) is 1.99. The summed E-state index contributed by atoms with van der Waals surface area (Å²) in [6.45, 7) is 2.90. The Morgan fingerprint density at radius 2 is 1.79 bits per heavy atom. The van der Waals surface area contributed by atoms with Crippen LogP contribution < -0.4 is 10.6 Å². The summed E-state index contributed by atoms with van der Waals surface area (Å²) in [6, 6.07) is 16.0. The first kappa shape index (κ1) is 17.8. The highest BCUT2D eigenvalue weighted by atomic mass is 32.2. The first-order valence-electron chi connectivity index (χ1n) is 7.54. The minimum atomic E-state index is -0.435. The zero-order valence-corrected chi connectivity index (χ0v) is 14.1. The standard InChI is InChI=1S/C17H19N3O3S/c1-13(24-16-5-3-2-4-6-16)17(21)19-12-11-18-14-7-9-15(10-8-14)20(22)23/h2-10,13,18H,11-12H2,1H3,(H,19,21)/t13-/m0/s1. The van der Waals surface area contributed by atoms with E-state index in [-0.39, 0.29) is 16.8 Å². The molecule has 0 heterocycles. The Balaban J connectivity index is 1.69. The monoisotopic (exact) mass is 345 g/mol. The normalized spacial score (nSPS) is 11.5. The van der Waals surface area contributed by atoms with Gasteiger partial charge in [0.05, 0.1) is 10.2 Å². The third-order valence-electron chi connectivity index (χ3n) is 3.26. The van der Waals surface area contributed by atoms with E-state index >= 15 is 0 Å². The second-order valence-electron chi connectivity index (χ2n) is 5.09. The van der Waals surface area contributed by atoms with Crippen molar-refractivity contribution in [2.75, 3.05) is 18.4 Å². The number of nitrogens with one attached hydrogen (secondary N) is 2. The third-order valence-corrected chi connectivity index (χ3v) is 4.37. The summed E-state index contributed by atoms with van der Waals surface area (Å²) in [5, 5.41) is 16.4. The number of thioether (sulfide) groups is 1. The maximum atomic E-state index is 12.0. The number of hydrogen-bond donors (Lipinski definition) is 2. The average molecular weight is 345 g/mol. The Hall–Kier alpha value is -2.54. The third kappa shape index (κ3) is 5.58. The van der Waals surface area contributed by atoms with Crippen molar-refractivity contribution in [3.05, 3.63) is 64.7 Å². The smallest absolute Gasteiger partial charge is 0.269 e. The molecule has 0 aliphatic rings. The molecule has 0 radical (unpaired) electrons. The molecule has 2 aromatic carbocycles. The van der Waals surface area contributed by atoms with Gasteiger partial charge in [0.15, 0.2) is 0 Å². The summed E-state index contributed by atoms with van der Waals surface area (Å²) < 4.78 is 0. The van der Waals surface area contributed by atoms with Crippen molar-refractivity contribution in [3.8, 4) is 0 Å². The highest BCUT2D eigenvalue weighted by Crippen LogP contribution is 2.22. The van der Waals surface area contributed by atoms with Crippen molar-refractivity contribution < 1.29 is 9.72 Å². The predicted molar refractivity (Wildman–Crippen MR) is 96.4 cm³/mol. The quantitative estimate of drug-likeness (QED) is 0.332. The maximum absolute atomic E-state index is 12.0. The summed E-state index contributed by atoms with van der Waals surface area (Å²) in [4.78, 5) is 23.2. The van der Waals surface area contributed by atoms with Crippen LogP contribution in [0.2, 0.25) is 0 Å². The number of non-ortho nitro benzene ring substituents is 1. The van der Waals surface area contributed by atoms with Crippen LogP contribution in [0.3, 0.4) is 0 Å². The summed E-state index contributed by atoms with van der Waals surface area (Å²) in [7, 11) is 0. The van der Waals surface area contributed by atoms with Gasteiger partial charge in [-0.3, -0.25) is 14.9 Å². The van der Waals surface area contributed by atoms with Gasteiger partial charge in [-0.2, -0.15) is 0 Å². The first-order valence-corrected chi connectivity index (χ1v) is 8.42. The molecule has 2 rings (SSSR count). The van der Waals surface area contributed by atoms with Gasteiger partial charge in [-0.05, 0) is 31.2 Å². The highest BCUT2D eigenvalue weighted by molar-refractivity contribution is 8.00. The van der Waals surface area contributed by atoms with Crippen LogP contribution in [0.4, 0.5) is 11.4 Å². The second-order valence-corrected chi connectivity index (χ2v) is 6.51.